The molecule has 1 aromatic heterocycles. The summed E-state index contributed by atoms with van der Waals surface area (Å²) in [5.41, 5.74) is 2.67. The van der Waals surface area contributed by atoms with Gasteiger partial charge in [0.25, 0.3) is 5.91 Å². The minimum atomic E-state index is -0.0776. The Bertz CT molecular complexity index is 703. The maximum atomic E-state index is 12.2. The van der Waals surface area contributed by atoms with Gasteiger partial charge in [-0.15, -0.1) is 0 Å². The third-order valence-electron chi connectivity index (χ3n) is 3.52. The number of rotatable bonds is 7. The van der Waals surface area contributed by atoms with Gasteiger partial charge in [-0.25, -0.2) is 4.98 Å². The highest BCUT2D eigenvalue weighted by Gasteiger charge is 2.07. The predicted molar refractivity (Wildman–Crippen MR) is 102 cm³/mol. The van der Waals surface area contributed by atoms with Gasteiger partial charge in [-0.2, -0.15) is 0 Å². The van der Waals surface area contributed by atoms with Crippen molar-refractivity contribution in [2.45, 2.75) is 13.3 Å². The molecule has 128 valence electrons. The predicted octanol–water partition coefficient (Wildman–Crippen LogP) is 3.58. The number of nitrogens with zero attached hydrogens (tertiary/aromatic N) is 2. The van der Waals surface area contributed by atoms with Crippen LogP contribution in [0.15, 0.2) is 41.0 Å². The Balaban J connectivity index is 1.97. The minimum absolute atomic E-state index is 0.0776. The normalized spacial score (nSPS) is 10.7. The summed E-state index contributed by atoms with van der Waals surface area (Å²) in [5, 5.41) is 6.17. The zero-order chi connectivity index (χ0) is 17.5. The molecule has 5 nitrogen and oxygen atoms in total. The molecule has 2 aromatic rings. The molecule has 0 saturated heterocycles. The lowest BCUT2D eigenvalue weighted by atomic mass is 10.2. The van der Waals surface area contributed by atoms with Crippen LogP contribution in [0.4, 0.5) is 11.5 Å². The summed E-state index contributed by atoms with van der Waals surface area (Å²) in [6.07, 6.45) is 2.57. The standard InChI is InChI=1S/C18H23BrN4O/c1-13-11-15(5-6-16(13)19)22-17-12-14(7-9-20-17)18(24)21-8-4-10-23(2)3/h5-7,9,11-12H,4,8,10H2,1-3H3,(H,20,22)(H,21,24). The first-order chi connectivity index (χ1) is 11.5. The zero-order valence-electron chi connectivity index (χ0n) is 14.3. The van der Waals surface area contributed by atoms with Crippen LogP contribution in [0.3, 0.4) is 0 Å². The molecule has 6 heteroatoms. The molecule has 0 unspecified atom stereocenters. The van der Waals surface area contributed by atoms with E-state index in [4.69, 9.17) is 0 Å². The van der Waals surface area contributed by atoms with Gasteiger partial charge in [0.1, 0.15) is 5.82 Å². The van der Waals surface area contributed by atoms with Crippen molar-refractivity contribution >= 4 is 33.3 Å². The number of carbonyl (C=O) groups excluding carboxylic acids is 1. The monoisotopic (exact) mass is 390 g/mol. The first kappa shape index (κ1) is 18.4. The average molecular weight is 391 g/mol. The quantitative estimate of drug-likeness (QED) is 0.709. The lowest BCUT2D eigenvalue weighted by Crippen LogP contribution is -2.27. The molecule has 2 rings (SSSR count). The number of anilines is 2. The molecule has 0 fully saturated rings. The smallest absolute Gasteiger partial charge is 0.251 e. The summed E-state index contributed by atoms with van der Waals surface area (Å²) in [7, 11) is 4.04. The van der Waals surface area contributed by atoms with Gasteiger partial charge in [0, 0.05) is 28.5 Å². The van der Waals surface area contributed by atoms with Crippen LogP contribution in [0.1, 0.15) is 22.3 Å². The van der Waals surface area contributed by atoms with E-state index in [1.54, 1.807) is 18.3 Å². The van der Waals surface area contributed by atoms with Crippen molar-refractivity contribution in [2.24, 2.45) is 0 Å². The van der Waals surface area contributed by atoms with Crippen LogP contribution < -0.4 is 10.6 Å². The number of aromatic nitrogens is 1. The van der Waals surface area contributed by atoms with Gasteiger partial charge in [-0.05, 0) is 69.9 Å². The van der Waals surface area contributed by atoms with E-state index in [2.05, 4.69) is 36.4 Å². The highest BCUT2D eigenvalue weighted by atomic mass is 79.9. The average Bonchev–Trinajstić information content (AvgIpc) is 2.55. The number of pyridine rings is 1. The highest BCUT2D eigenvalue weighted by Crippen LogP contribution is 2.22. The zero-order valence-corrected chi connectivity index (χ0v) is 15.9. The molecule has 1 aromatic carbocycles. The molecule has 1 heterocycles. The van der Waals surface area contributed by atoms with Crippen LogP contribution in [0.5, 0.6) is 0 Å². The fourth-order valence-corrected chi connectivity index (χ4v) is 2.46. The summed E-state index contributed by atoms with van der Waals surface area (Å²) in [6.45, 7) is 3.64. The van der Waals surface area contributed by atoms with E-state index < -0.39 is 0 Å². The van der Waals surface area contributed by atoms with Gasteiger partial charge in [0.15, 0.2) is 0 Å². The molecule has 0 spiro atoms. The largest absolute Gasteiger partial charge is 0.352 e. The SMILES string of the molecule is Cc1cc(Nc2cc(C(=O)NCCCN(C)C)ccn2)ccc1Br. The molecule has 24 heavy (non-hydrogen) atoms. The van der Waals surface area contributed by atoms with E-state index >= 15 is 0 Å². The highest BCUT2D eigenvalue weighted by molar-refractivity contribution is 9.10. The third-order valence-corrected chi connectivity index (χ3v) is 4.41. The van der Waals surface area contributed by atoms with E-state index in [0.717, 1.165) is 28.7 Å². The van der Waals surface area contributed by atoms with E-state index in [-0.39, 0.29) is 5.91 Å². The maximum Gasteiger partial charge on any atom is 0.251 e. The minimum Gasteiger partial charge on any atom is -0.352 e. The molecule has 1 amide bonds. The summed E-state index contributed by atoms with van der Waals surface area (Å²) >= 11 is 3.48. The lowest BCUT2D eigenvalue weighted by Gasteiger charge is -2.11. The van der Waals surface area contributed by atoms with Gasteiger partial charge in [-0.1, -0.05) is 15.9 Å². The Morgan fingerprint density at radius 3 is 2.75 bits per heavy atom. The number of hydrogen-bond acceptors (Lipinski definition) is 4. The molecule has 0 bridgehead atoms. The molecular formula is C18H23BrN4O. The first-order valence-electron chi connectivity index (χ1n) is 7.88. The van der Waals surface area contributed by atoms with E-state index in [1.165, 1.54) is 0 Å². The molecular weight excluding hydrogens is 368 g/mol. The number of carbonyl (C=O) groups is 1. The van der Waals surface area contributed by atoms with Crippen LogP contribution in [-0.4, -0.2) is 43.0 Å². The number of nitrogens with one attached hydrogen (secondary N) is 2. The Morgan fingerprint density at radius 1 is 1.25 bits per heavy atom. The lowest BCUT2D eigenvalue weighted by molar-refractivity contribution is 0.0952. The van der Waals surface area contributed by atoms with Crippen molar-refractivity contribution < 1.29 is 4.79 Å². The van der Waals surface area contributed by atoms with Gasteiger partial charge in [-0.3, -0.25) is 4.79 Å². The number of halogens is 1. The van der Waals surface area contributed by atoms with Crippen molar-refractivity contribution in [3.05, 3.63) is 52.1 Å². The molecule has 0 aliphatic heterocycles. The second-order valence-corrected chi connectivity index (χ2v) is 6.79. The summed E-state index contributed by atoms with van der Waals surface area (Å²) in [5.74, 6) is 0.573. The molecule has 0 atom stereocenters. The van der Waals surface area contributed by atoms with Gasteiger partial charge in [0.05, 0.1) is 0 Å². The second-order valence-electron chi connectivity index (χ2n) is 5.93. The van der Waals surface area contributed by atoms with Crippen LogP contribution in [0.25, 0.3) is 0 Å². The van der Waals surface area contributed by atoms with Crippen LogP contribution in [-0.2, 0) is 0 Å². The van der Waals surface area contributed by atoms with Crippen molar-refractivity contribution in [3.8, 4) is 0 Å². The van der Waals surface area contributed by atoms with Crippen LogP contribution in [0, 0.1) is 6.92 Å². The third kappa shape index (κ3) is 5.62. The summed E-state index contributed by atoms with van der Waals surface area (Å²) < 4.78 is 1.06. The topological polar surface area (TPSA) is 57.3 Å². The molecule has 0 saturated carbocycles. The fraction of sp³-hybridized carbons (Fsp3) is 0.333. The van der Waals surface area contributed by atoms with E-state index in [1.807, 2.05) is 39.2 Å². The Labute approximate surface area is 151 Å². The Kier molecular flexibility index (Phi) is 6.75. The van der Waals surface area contributed by atoms with E-state index in [0.29, 0.717) is 17.9 Å². The van der Waals surface area contributed by atoms with Crippen LogP contribution >= 0.6 is 15.9 Å². The summed E-state index contributed by atoms with van der Waals surface area (Å²) in [4.78, 5) is 18.6. The van der Waals surface area contributed by atoms with Crippen molar-refractivity contribution in [1.82, 2.24) is 15.2 Å². The first-order valence-corrected chi connectivity index (χ1v) is 8.67. The Hall–Kier alpha value is -1.92. The number of benzene rings is 1. The fourth-order valence-electron chi connectivity index (χ4n) is 2.21. The van der Waals surface area contributed by atoms with Gasteiger partial charge < -0.3 is 15.5 Å². The maximum absolute atomic E-state index is 12.2. The summed E-state index contributed by atoms with van der Waals surface area (Å²) in [6, 6.07) is 9.46. The number of aryl methyl sites for hydroxylation is 1. The van der Waals surface area contributed by atoms with Crippen molar-refractivity contribution in [3.63, 3.8) is 0 Å². The molecule has 2 N–H and O–H groups in total. The molecule has 0 aliphatic carbocycles. The van der Waals surface area contributed by atoms with Crippen molar-refractivity contribution in [1.29, 1.82) is 0 Å². The molecule has 0 radical (unpaired) electrons. The second kappa shape index (κ2) is 8.80. The number of hydrogen-bond donors (Lipinski definition) is 2. The van der Waals surface area contributed by atoms with Gasteiger partial charge in [0.2, 0.25) is 0 Å². The van der Waals surface area contributed by atoms with Gasteiger partial charge >= 0.3 is 0 Å². The van der Waals surface area contributed by atoms with Crippen LogP contribution in [0.2, 0.25) is 0 Å². The van der Waals surface area contributed by atoms with Crippen molar-refractivity contribution in [2.75, 3.05) is 32.5 Å². The Morgan fingerprint density at radius 2 is 2.04 bits per heavy atom. The number of amides is 1. The molecule has 0 aliphatic rings. The van der Waals surface area contributed by atoms with E-state index in [9.17, 15) is 4.79 Å².